The second-order valence-corrected chi connectivity index (χ2v) is 5.09. The highest BCUT2D eigenvalue weighted by molar-refractivity contribution is 7.99. The number of aromatic nitrogens is 4. The summed E-state index contributed by atoms with van der Waals surface area (Å²) in [5.74, 6) is 0.157. The van der Waals surface area contributed by atoms with E-state index >= 15 is 0 Å². The van der Waals surface area contributed by atoms with Gasteiger partial charge in [-0.3, -0.25) is 0 Å². The van der Waals surface area contributed by atoms with E-state index in [1.807, 2.05) is 6.92 Å². The van der Waals surface area contributed by atoms with Gasteiger partial charge in [0.25, 0.3) is 0 Å². The third kappa shape index (κ3) is 2.78. The minimum absolute atomic E-state index is 0.108. The number of benzene rings is 1. The molecule has 92 valence electrons. The molecule has 7 heteroatoms. The highest BCUT2D eigenvalue weighted by atomic mass is 32.2. The van der Waals surface area contributed by atoms with Gasteiger partial charge in [0.2, 0.25) is 5.16 Å². The predicted octanol–water partition coefficient (Wildman–Crippen LogP) is 1.76. The van der Waals surface area contributed by atoms with Crippen LogP contribution in [-0.4, -0.2) is 30.6 Å². The van der Waals surface area contributed by atoms with Crippen LogP contribution in [0.5, 0.6) is 5.75 Å². The number of hydrogen-bond donors (Lipinski definition) is 1. The zero-order valence-corrected chi connectivity index (χ0v) is 10.5. The van der Waals surface area contributed by atoms with Crippen molar-refractivity contribution < 1.29 is 5.11 Å². The average Bonchev–Trinajstić information content (AvgIpc) is 2.77. The molecular formula is C11H11N5OS. The summed E-state index contributed by atoms with van der Waals surface area (Å²) < 4.78 is 1.54. The molecule has 0 bridgehead atoms. The number of phenols is 1. The summed E-state index contributed by atoms with van der Waals surface area (Å²) in [6.07, 6.45) is 0.428. The van der Waals surface area contributed by atoms with Crippen LogP contribution in [0.2, 0.25) is 0 Å². The number of nitriles is 1. The molecular weight excluding hydrogens is 250 g/mol. The molecule has 0 aliphatic carbocycles. The van der Waals surface area contributed by atoms with E-state index in [0.29, 0.717) is 17.3 Å². The molecule has 0 aliphatic heterocycles. The average molecular weight is 261 g/mol. The van der Waals surface area contributed by atoms with Gasteiger partial charge < -0.3 is 5.11 Å². The summed E-state index contributed by atoms with van der Waals surface area (Å²) >= 11 is 1.42. The van der Waals surface area contributed by atoms with Crippen LogP contribution in [0.25, 0.3) is 5.69 Å². The first kappa shape index (κ1) is 12.4. The summed E-state index contributed by atoms with van der Waals surface area (Å²) in [5.41, 5.74) is 0.687. The van der Waals surface area contributed by atoms with Crippen LogP contribution in [0.4, 0.5) is 0 Å². The lowest BCUT2D eigenvalue weighted by atomic mass is 10.3. The third-order valence-corrected chi connectivity index (χ3v) is 3.23. The Kier molecular flexibility index (Phi) is 3.79. The van der Waals surface area contributed by atoms with Crippen molar-refractivity contribution in [3.63, 3.8) is 0 Å². The highest BCUT2D eigenvalue weighted by Crippen LogP contribution is 2.25. The predicted molar refractivity (Wildman–Crippen MR) is 66.4 cm³/mol. The Balaban J connectivity index is 2.25. The van der Waals surface area contributed by atoms with Gasteiger partial charge in [0.05, 0.1) is 11.8 Å². The fourth-order valence-electron chi connectivity index (χ4n) is 1.39. The van der Waals surface area contributed by atoms with Crippen molar-refractivity contribution in [3.05, 3.63) is 24.3 Å². The van der Waals surface area contributed by atoms with Crippen LogP contribution in [0.15, 0.2) is 29.4 Å². The smallest absolute Gasteiger partial charge is 0.214 e. The van der Waals surface area contributed by atoms with E-state index in [4.69, 9.17) is 5.26 Å². The van der Waals surface area contributed by atoms with Gasteiger partial charge >= 0.3 is 0 Å². The molecule has 1 atom stereocenters. The zero-order chi connectivity index (χ0) is 13.0. The SMILES string of the molecule is CC(CC#N)Sc1nnnn1-c1cccc(O)c1. The molecule has 0 radical (unpaired) electrons. The normalized spacial score (nSPS) is 12.0. The molecule has 2 aromatic rings. The minimum atomic E-state index is 0.108. The van der Waals surface area contributed by atoms with Crippen molar-refractivity contribution in [2.45, 2.75) is 23.8 Å². The molecule has 1 heterocycles. The van der Waals surface area contributed by atoms with Crippen molar-refractivity contribution >= 4 is 11.8 Å². The summed E-state index contributed by atoms with van der Waals surface area (Å²) in [7, 11) is 0. The van der Waals surface area contributed by atoms with E-state index in [0.717, 1.165) is 0 Å². The van der Waals surface area contributed by atoms with Gasteiger partial charge in [-0.2, -0.15) is 9.94 Å². The van der Waals surface area contributed by atoms with Gasteiger partial charge in [0.1, 0.15) is 5.75 Å². The topological polar surface area (TPSA) is 87.6 Å². The number of aromatic hydroxyl groups is 1. The van der Waals surface area contributed by atoms with Crippen LogP contribution in [0.1, 0.15) is 13.3 Å². The van der Waals surface area contributed by atoms with Gasteiger partial charge in [-0.25, -0.2) is 0 Å². The lowest BCUT2D eigenvalue weighted by Gasteiger charge is -2.07. The van der Waals surface area contributed by atoms with Gasteiger partial charge in [0, 0.05) is 17.7 Å². The quantitative estimate of drug-likeness (QED) is 0.844. The Labute approximate surface area is 108 Å². The molecule has 0 amide bonds. The van der Waals surface area contributed by atoms with E-state index in [1.165, 1.54) is 16.4 Å². The molecule has 0 saturated heterocycles. The largest absolute Gasteiger partial charge is 0.508 e. The van der Waals surface area contributed by atoms with E-state index < -0.39 is 0 Å². The van der Waals surface area contributed by atoms with Gasteiger partial charge in [-0.15, -0.1) is 5.10 Å². The number of tetrazole rings is 1. The summed E-state index contributed by atoms with van der Waals surface area (Å²) in [4.78, 5) is 0. The Hall–Kier alpha value is -2.07. The van der Waals surface area contributed by atoms with Crippen LogP contribution >= 0.6 is 11.8 Å². The standard InChI is InChI=1S/C11H11N5OS/c1-8(5-6-12)18-11-13-14-15-16(11)9-3-2-4-10(17)7-9/h2-4,7-8,17H,5H2,1H3. The van der Waals surface area contributed by atoms with E-state index in [-0.39, 0.29) is 11.0 Å². The van der Waals surface area contributed by atoms with Gasteiger partial charge in [-0.1, -0.05) is 24.8 Å². The van der Waals surface area contributed by atoms with Crippen molar-refractivity contribution in [3.8, 4) is 17.5 Å². The first-order valence-corrected chi connectivity index (χ1v) is 6.20. The molecule has 1 unspecified atom stereocenters. The second kappa shape index (κ2) is 5.51. The number of nitrogens with zero attached hydrogens (tertiary/aromatic N) is 5. The number of hydrogen-bond acceptors (Lipinski definition) is 6. The highest BCUT2D eigenvalue weighted by Gasteiger charge is 2.13. The molecule has 0 spiro atoms. The Morgan fingerprint density at radius 1 is 1.56 bits per heavy atom. The molecule has 0 fully saturated rings. The van der Waals surface area contributed by atoms with Crippen LogP contribution in [0.3, 0.4) is 0 Å². The van der Waals surface area contributed by atoms with Gasteiger partial charge in [-0.05, 0) is 22.6 Å². The molecule has 1 aromatic heterocycles. The van der Waals surface area contributed by atoms with Crippen molar-refractivity contribution in [1.29, 1.82) is 5.26 Å². The maximum absolute atomic E-state index is 9.44. The summed E-state index contributed by atoms with van der Waals surface area (Å²) in [6, 6.07) is 8.79. The monoisotopic (exact) mass is 261 g/mol. The molecule has 18 heavy (non-hydrogen) atoms. The number of phenolic OH excluding ortho intramolecular Hbond substituents is 1. The van der Waals surface area contributed by atoms with Crippen molar-refractivity contribution in [2.24, 2.45) is 0 Å². The Morgan fingerprint density at radius 2 is 2.39 bits per heavy atom. The molecule has 2 rings (SSSR count). The molecule has 0 saturated carbocycles. The van der Waals surface area contributed by atoms with Crippen LogP contribution < -0.4 is 0 Å². The molecule has 6 nitrogen and oxygen atoms in total. The van der Waals surface area contributed by atoms with E-state index in [1.54, 1.807) is 24.3 Å². The van der Waals surface area contributed by atoms with E-state index in [9.17, 15) is 5.11 Å². The Bertz CT molecular complexity index is 577. The lowest BCUT2D eigenvalue weighted by molar-refractivity contribution is 0.474. The van der Waals surface area contributed by atoms with E-state index in [2.05, 4.69) is 21.6 Å². The van der Waals surface area contributed by atoms with Gasteiger partial charge in [0.15, 0.2) is 0 Å². The zero-order valence-electron chi connectivity index (χ0n) is 9.69. The van der Waals surface area contributed by atoms with Crippen molar-refractivity contribution in [1.82, 2.24) is 20.2 Å². The lowest BCUT2D eigenvalue weighted by Crippen LogP contribution is -2.02. The molecule has 1 N–H and O–H groups in total. The maximum Gasteiger partial charge on any atom is 0.214 e. The number of rotatable bonds is 4. The Morgan fingerprint density at radius 3 is 3.11 bits per heavy atom. The summed E-state index contributed by atoms with van der Waals surface area (Å²) in [6.45, 7) is 1.94. The minimum Gasteiger partial charge on any atom is -0.508 e. The second-order valence-electron chi connectivity index (χ2n) is 3.68. The first-order chi connectivity index (χ1) is 8.70. The first-order valence-electron chi connectivity index (χ1n) is 5.32. The molecule has 0 aliphatic rings. The fraction of sp³-hybridized carbons (Fsp3) is 0.273. The molecule has 1 aromatic carbocycles. The number of thioether (sulfide) groups is 1. The maximum atomic E-state index is 9.44. The summed E-state index contributed by atoms with van der Waals surface area (Å²) in [5, 5.41) is 30.2. The third-order valence-electron chi connectivity index (χ3n) is 2.20. The van der Waals surface area contributed by atoms with Crippen molar-refractivity contribution in [2.75, 3.05) is 0 Å². The fourth-order valence-corrected chi connectivity index (χ4v) is 2.23. The van der Waals surface area contributed by atoms with Crippen LogP contribution in [0, 0.1) is 11.3 Å². The van der Waals surface area contributed by atoms with Crippen LogP contribution in [-0.2, 0) is 0 Å².